The summed E-state index contributed by atoms with van der Waals surface area (Å²) in [5.41, 5.74) is 1.68. The van der Waals surface area contributed by atoms with Gasteiger partial charge in [-0.3, -0.25) is 9.78 Å². The van der Waals surface area contributed by atoms with Crippen LogP contribution in [-0.4, -0.2) is 25.4 Å². The summed E-state index contributed by atoms with van der Waals surface area (Å²) in [4.78, 5) is 28.2. The van der Waals surface area contributed by atoms with E-state index in [9.17, 15) is 4.79 Å². The number of hydrogen-bond donors (Lipinski definition) is 0. The number of halogens is 1. The first kappa shape index (κ1) is 15.1. The van der Waals surface area contributed by atoms with Crippen LogP contribution in [0, 0.1) is 0 Å². The predicted molar refractivity (Wildman–Crippen MR) is 84.7 cm³/mol. The van der Waals surface area contributed by atoms with Crippen molar-refractivity contribution in [2.45, 2.75) is 6.54 Å². The average molecular weight is 326 g/mol. The summed E-state index contributed by atoms with van der Waals surface area (Å²) in [7, 11) is 0. The summed E-state index contributed by atoms with van der Waals surface area (Å²) < 4.78 is 1.85. The van der Waals surface area contributed by atoms with Gasteiger partial charge in [0.15, 0.2) is 0 Å². The van der Waals surface area contributed by atoms with E-state index in [1.165, 1.54) is 18.6 Å². The van der Waals surface area contributed by atoms with E-state index >= 15 is 0 Å². The smallest absolute Gasteiger partial charge is 0.299 e. The zero-order valence-corrected chi connectivity index (χ0v) is 12.8. The molecule has 0 atom stereocenters. The molecule has 0 radical (unpaired) electrons. The Balaban J connectivity index is 1.93. The Morgan fingerprint density at radius 2 is 2.04 bits per heavy atom. The third kappa shape index (κ3) is 3.87. The second-order valence-corrected chi connectivity index (χ2v) is 5.07. The first-order valence-electron chi connectivity index (χ1n) is 6.83. The molecule has 1 amide bonds. The van der Waals surface area contributed by atoms with Crippen molar-refractivity contribution in [1.82, 2.24) is 19.5 Å². The van der Waals surface area contributed by atoms with Crippen molar-refractivity contribution >= 4 is 17.5 Å². The van der Waals surface area contributed by atoms with Crippen molar-refractivity contribution < 1.29 is 4.79 Å². The van der Waals surface area contributed by atoms with Crippen molar-refractivity contribution in [3.63, 3.8) is 0 Å². The average Bonchev–Trinajstić information content (AvgIpc) is 2.59. The molecule has 3 aromatic rings. The van der Waals surface area contributed by atoms with Gasteiger partial charge in [0.1, 0.15) is 16.3 Å². The molecule has 0 spiro atoms. The summed E-state index contributed by atoms with van der Waals surface area (Å²) in [5, 5.41) is 0.439. The van der Waals surface area contributed by atoms with E-state index in [0.29, 0.717) is 17.2 Å². The van der Waals surface area contributed by atoms with E-state index < -0.39 is 5.91 Å². The molecule has 0 aromatic carbocycles. The highest BCUT2D eigenvalue weighted by Gasteiger charge is 2.05. The Morgan fingerprint density at radius 1 is 1.13 bits per heavy atom. The monoisotopic (exact) mass is 325 g/mol. The fraction of sp³-hybridized carbons (Fsp3) is 0.0625. The molecule has 3 heterocycles. The van der Waals surface area contributed by atoms with Crippen molar-refractivity contribution in [2.24, 2.45) is 4.99 Å². The van der Waals surface area contributed by atoms with Gasteiger partial charge >= 0.3 is 0 Å². The maximum Gasteiger partial charge on any atom is 0.299 e. The van der Waals surface area contributed by atoms with E-state index in [1.807, 2.05) is 29.0 Å². The molecule has 3 aromatic heterocycles. The largest absolute Gasteiger partial charge is 0.328 e. The minimum absolute atomic E-state index is 0.205. The summed E-state index contributed by atoms with van der Waals surface area (Å²) in [6.45, 7) is 0.525. The molecule has 0 aliphatic heterocycles. The first-order chi connectivity index (χ1) is 11.2. The van der Waals surface area contributed by atoms with E-state index in [4.69, 9.17) is 11.6 Å². The van der Waals surface area contributed by atoms with Crippen LogP contribution in [0.15, 0.2) is 66.3 Å². The van der Waals surface area contributed by atoms with Crippen molar-refractivity contribution in [1.29, 1.82) is 0 Å². The Kier molecular flexibility index (Phi) is 4.54. The zero-order valence-electron chi connectivity index (χ0n) is 12.0. The van der Waals surface area contributed by atoms with Crippen LogP contribution in [0.25, 0.3) is 0 Å². The summed E-state index contributed by atoms with van der Waals surface area (Å²) in [6, 6.07) is 9.05. The number of aromatic nitrogens is 4. The number of pyridine rings is 2. The lowest BCUT2D eigenvalue weighted by molar-refractivity contribution is 0.0992. The van der Waals surface area contributed by atoms with E-state index in [0.717, 1.165) is 5.56 Å². The molecular weight excluding hydrogens is 314 g/mol. The molecule has 0 bridgehead atoms. The van der Waals surface area contributed by atoms with Crippen LogP contribution < -0.4 is 5.49 Å². The lowest BCUT2D eigenvalue weighted by Crippen LogP contribution is -2.22. The molecule has 0 aliphatic rings. The first-order valence-corrected chi connectivity index (χ1v) is 7.21. The molecule has 0 unspecified atom stereocenters. The molecule has 0 saturated heterocycles. The molecule has 6 nitrogen and oxygen atoms in total. The Morgan fingerprint density at radius 3 is 2.78 bits per heavy atom. The van der Waals surface area contributed by atoms with Crippen molar-refractivity contribution in [2.75, 3.05) is 0 Å². The molecule has 23 heavy (non-hydrogen) atoms. The maximum absolute atomic E-state index is 12.2. The van der Waals surface area contributed by atoms with Crippen LogP contribution in [-0.2, 0) is 6.54 Å². The zero-order chi connectivity index (χ0) is 16.1. The number of amides is 1. The lowest BCUT2D eigenvalue weighted by atomic mass is 10.3. The van der Waals surface area contributed by atoms with Crippen LogP contribution in [0.5, 0.6) is 0 Å². The number of rotatable bonds is 3. The molecule has 3 rings (SSSR count). The van der Waals surface area contributed by atoms with Gasteiger partial charge in [-0.1, -0.05) is 23.7 Å². The molecule has 0 N–H and O–H groups in total. The standard InChI is InChI=1S/C16H12ClN5O/c17-14-5-4-12(9-20-14)11-22-8-2-1-3-15(22)21-16(23)13-10-18-6-7-19-13/h1-10H,11H2/b21-15+. The third-order valence-corrected chi connectivity index (χ3v) is 3.28. The van der Waals surface area contributed by atoms with Crippen LogP contribution >= 0.6 is 11.6 Å². The number of carbonyl (C=O) groups is 1. The van der Waals surface area contributed by atoms with Gasteiger partial charge in [-0.05, 0) is 23.8 Å². The summed E-state index contributed by atoms with van der Waals surface area (Å²) in [5.74, 6) is -0.438. The number of nitrogens with zero attached hydrogens (tertiary/aromatic N) is 5. The Bertz CT molecular complexity index is 875. The highest BCUT2D eigenvalue weighted by molar-refractivity contribution is 6.29. The highest BCUT2D eigenvalue weighted by atomic mass is 35.5. The predicted octanol–water partition coefficient (Wildman–Crippen LogP) is 2.12. The van der Waals surface area contributed by atoms with E-state index in [2.05, 4.69) is 19.9 Å². The van der Waals surface area contributed by atoms with Gasteiger partial charge in [0.2, 0.25) is 0 Å². The molecule has 0 aliphatic carbocycles. The maximum atomic E-state index is 12.2. The highest BCUT2D eigenvalue weighted by Crippen LogP contribution is 2.06. The minimum atomic E-state index is -0.438. The van der Waals surface area contributed by atoms with Gasteiger partial charge < -0.3 is 4.57 Å². The van der Waals surface area contributed by atoms with E-state index in [1.54, 1.807) is 18.3 Å². The molecule has 0 fully saturated rings. The number of hydrogen-bond acceptors (Lipinski definition) is 4. The molecule has 114 valence electrons. The fourth-order valence-corrected chi connectivity index (χ4v) is 2.08. The second kappa shape index (κ2) is 6.93. The van der Waals surface area contributed by atoms with Crippen LogP contribution in [0.1, 0.15) is 16.1 Å². The number of carbonyl (C=O) groups excluding carboxylic acids is 1. The van der Waals surface area contributed by atoms with Crippen LogP contribution in [0.2, 0.25) is 5.15 Å². The van der Waals surface area contributed by atoms with Crippen molar-refractivity contribution in [3.05, 3.63) is 83.2 Å². The Hall–Kier alpha value is -2.86. The minimum Gasteiger partial charge on any atom is -0.328 e. The quantitative estimate of drug-likeness (QED) is 0.691. The molecular formula is C16H12ClN5O. The second-order valence-electron chi connectivity index (χ2n) is 4.68. The SMILES string of the molecule is O=C(/N=c1\ccccn1Cc1ccc(Cl)nc1)c1cnccn1. The van der Waals surface area contributed by atoms with Gasteiger partial charge in [0.25, 0.3) is 5.91 Å². The third-order valence-electron chi connectivity index (χ3n) is 3.06. The van der Waals surface area contributed by atoms with Crippen molar-refractivity contribution in [3.8, 4) is 0 Å². The van der Waals surface area contributed by atoms with Crippen LogP contribution in [0.4, 0.5) is 0 Å². The van der Waals surface area contributed by atoms with Gasteiger partial charge in [0, 0.05) is 24.8 Å². The molecule has 7 heteroatoms. The molecule has 0 saturated carbocycles. The summed E-state index contributed by atoms with van der Waals surface area (Å²) >= 11 is 5.79. The van der Waals surface area contributed by atoms with Crippen LogP contribution in [0.3, 0.4) is 0 Å². The lowest BCUT2D eigenvalue weighted by Gasteiger charge is -2.07. The fourth-order valence-electron chi connectivity index (χ4n) is 1.97. The Labute approximate surface area is 137 Å². The van der Waals surface area contributed by atoms with Gasteiger partial charge in [-0.25, -0.2) is 9.97 Å². The van der Waals surface area contributed by atoms with E-state index in [-0.39, 0.29) is 5.69 Å². The normalized spacial score (nSPS) is 11.4. The van der Waals surface area contributed by atoms with Gasteiger partial charge in [0.05, 0.1) is 12.7 Å². The van der Waals surface area contributed by atoms with Gasteiger partial charge in [-0.2, -0.15) is 4.99 Å². The van der Waals surface area contributed by atoms with Gasteiger partial charge in [-0.15, -0.1) is 0 Å². The topological polar surface area (TPSA) is 73.0 Å². The summed E-state index contributed by atoms with van der Waals surface area (Å²) in [6.07, 6.45) is 7.89.